The third-order valence-corrected chi connectivity index (χ3v) is 5.11. The van der Waals surface area contributed by atoms with Crippen molar-refractivity contribution in [1.82, 2.24) is 4.98 Å². The summed E-state index contributed by atoms with van der Waals surface area (Å²) in [5, 5.41) is 9.45. The van der Waals surface area contributed by atoms with Gasteiger partial charge in [0.1, 0.15) is 5.03 Å². The highest BCUT2D eigenvalue weighted by Gasteiger charge is 2.16. The van der Waals surface area contributed by atoms with Crippen molar-refractivity contribution in [1.29, 1.82) is 0 Å². The summed E-state index contributed by atoms with van der Waals surface area (Å²) in [4.78, 5) is 15.7. The van der Waals surface area contributed by atoms with Gasteiger partial charge in [0.25, 0.3) is 0 Å². The molecular formula is C13H10ClNO4S2. The molecule has 0 amide bonds. The first-order valence-corrected chi connectivity index (χ1v) is 8.73. The zero-order chi connectivity index (χ0) is 15.6. The second kappa shape index (κ2) is 6.05. The number of carboxylic acids is 1. The first-order valence-electron chi connectivity index (χ1n) is 5.65. The molecule has 2 rings (SSSR count). The van der Waals surface area contributed by atoms with E-state index in [9.17, 15) is 13.2 Å². The number of aromatic carboxylic acids is 1. The zero-order valence-electron chi connectivity index (χ0n) is 10.8. The van der Waals surface area contributed by atoms with Crippen molar-refractivity contribution in [3.63, 3.8) is 0 Å². The van der Waals surface area contributed by atoms with E-state index in [0.717, 1.165) is 18.0 Å². The van der Waals surface area contributed by atoms with Gasteiger partial charge >= 0.3 is 5.97 Å². The summed E-state index contributed by atoms with van der Waals surface area (Å²) in [5.41, 5.74) is -0.0431. The summed E-state index contributed by atoms with van der Waals surface area (Å²) in [7, 11) is -3.41. The number of halogens is 1. The molecule has 110 valence electrons. The summed E-state index contributed by atoms with van der Waals surface area (Å²) in [6.07, 6.45) is 2.57. The summed E-state index contributed by atoms with van der Waals surface area (Å²) in [6, 6.07) is 7.44. The van der Waals surface area contributed by atoms with Crippen LogP contribution in [0, 0.1) is 0 Å². The van der Waals surface area contributed by atoms with Gasteiger partial charge in [0.05, 0.1) is 15.5 Å². The maximum absolute atomic E-state index is 11.7. The van der Waals surface area contributed by atoms with Gasteiger partial charge in [0, 0.05) is 17.3 Å². The topological polar surface area (TPSA) is 84.3 Å². The standard InChI is InChI=1S/C13H10ClNO4S2/c1-21(18,19)11-3-2-6-15-12(11)20-8-4-5-10(14)9(7-8)13(16)17/h2-7H,1H3,(H,16,17). The minimum atomic E-state index is -3.41. The molecule has 0 radical (unpaired) electrons. The predicted octanol–water partition coefficient (Wildman–Crippen LogP) is 2.99. The molecular weight excluding hydrogens is 334 g/mol. The van der Waals surface area contributed by atoms with Crippen LogP contribution in [-0.2, 0) is 9.84 Å². The fourth-order valence-corrected chi connectivity index (χ4v) is 3.87. The number of aromatic nitrogens is 1. The van der Waals surface area contributed by atoms with E-state index in [1.54, 1.807) is 6.07 Å². The number of rotatable bonds is 4. The number of sulfone groups is 1. The van der Waals surface area contributed by atoms with E-state index in [4.69, 9.17) is 16.7 Å². The minimum Gasteiger partial charge on any atom is -0.478 e. The molecule has 0 spiro atoms. The molecule has 0 aliphatic heterocycles. The van der Waals surface area contributed by atoms with Crippen molar-refractivity contribution in [2.45, 2.75) is 14.8 Å². The van der Waals surface area contributed by atoms with Crippen molar-refractivity contribution in [3.05, 3.63) is 47.1 Å². The maximum Gasteiger partial charge on any atom is 0.337 e. The quantitative estimate of drug-likeness (QED) is 0.918. The van der Waals surface area contributed by atoms with E-state index in [1.807, 2.05) is 0 Å². The molecule has 0 saturated heterocycles. The van der Waals surface area contributed by atoms with E-state index in [2.05, 4.69) is 4.98 Å². The lowest BCUT2D eigenvalue weighted by molar-refractivity contribution is 0.0697. The fraction of sp³-hybridized carbons (Fsp3) is 0.0769. The molecule has 21 heavy (non-hydrogen) atoms. The smallest absolute Gasteiger partial charge is 0.337 e. The van der Waals surface area contributed by atoms with Crippen LogP contribution in [0.15, 0.2) is 51.3 Å². The first-order chi connectivity index (χ1) is 9.79. The lowest BCUT2D eigenvalue weighted by atomic mass is 10.2. The van der Waals surface area contributed by atoms with E-state index >= 15 is 0 Å². The largest absolute Gasteiger partial charge is 0.478 e. The number of carbonyl (C=O) groups is 1. The van der Waals surface area contributed by atoms with Gasteiger partial charge in [0.2, 0.25) is 0 Å². The molecule has 2 aromatic rings. The summed E-state index contributed by atoms with van der Waals surface area (Å²) < 4.78 is 23.4. The average molecular weight is 344 g/mol. The van der Waals surface area contributed by atoms with Gasteiger partial charge < -0.3 is 5.11 Å². The Kier molecular flexibility index (Phi) is 4.55. The normalized spacial score (nSPS) is 11.3. The lowest BCUT2D eigenvalue weighted by Crippen LogP contribution is -2.01. The van der Waals surface area contributed by atoms with Crippen LogP contribution in [0.25, 0.3) is 0 Å². The molecule has 8 heteroatoms. The third-order valence-electron chi connectivity index (χ3n) is 2.52. The van der Waals surface area contributed by atoms with Crippen molar-refractivity contribution in [2.24, 2.45) is 0 Å². The monoisotopic (exact) mass is 343 g/mol. The van der Waals surface area contributed by atoms with Crippen LogP contribution in [0.4, 0.5) is 0 Å². The zero-order valence-corrected chi connectivity index (χ0v) is 13.2. The Morgan fingerprint density at radius 2 is 2.05 bits per heavy atom. The van der Waals surface area contributed by atoms with Gasteiger partial charge in [-0.1, -0.05) is 23.4 Å². The SMILES string of the molecule is CS(=O)(=O)c1cccnc1Sc1ccc(Cl)c(C(=O)O)c1. The van der Waals surface area contributed by atoms with Gasteiger partial charge in [-0.25, -0.2) is 18.2 Å². The van der Waals surface area contributed by atoms with Crippen LogP contribution in [-0.4, -0.2) is 30.7 Å². The average Bonchev–Trinajstić information content (AvgIpc) is 2.40. The Morgan fingerprint density at radius 1 is 1.33 bits per heavy atom. The molecule has 0 fully saturated rings. The molecule has 1 aromatic heterocycles. The Balaban J connectivity index is 2.45. The van der Waals surface area contributed by atoms with Crippen LogP contribution in [0.2, 0.25) is 5.02 Å². The summed E-state index contributed by atoms with van der Waals surface area (Å²) in [5.74, 6) is -1.15. The van der Waals surface area contributed by atoms with Gasteiger partial charge in [0.15, 0.2) is 9.84 Å². The number of hydrogen-bond acceptors (Lipinski definition) is 5. The molecule has 5 nitrogen and oxygen atoms in total. The highest BCUT2D eigenvalue weighted by Crippen LogP contribution is 2.32. The Labute approximate surface area is 130 Å². The van der Waals surface area contributed by atoms with Crippen molar-refractivity contribution < 1.29 is 18.3 Å². The second-order valence-electron chi connectivity index (χ2n) is 4.13. The van der Waals surface area contributed by atoms with Gasteiger partial charge in [-0.3, -0.25) is 0 Å². The molecule has 0 saturated carbocycles. The Hall–Kier alpha value is -1.57. The van der Waals surface area contributed by atoms with Crippen LogP contribution in [0.1, 0.15) is 10.4 Å². The van der Waals surface area contributed by atoms with E-state index in [1.165, 1.54) is 30.5 Å². The molecule has 0 atom stereocenters. The van der Waals surface area contributed by atoms with Crippen LogP contribution in [0.3, 0.4) is 0 Å². The molecule has 1 aromatic carbocycles. The van der Waals surface area contributed by atoms with Gasteiger partial charge in [-0.2, -0.15) is 0 Å². The van der Waals surface area contributed by atoms with Gasteiger partial charge in [-0.15, -0.1) is 0 Å². The number of nitrogens with zero attached hydrogens (tertiary/aromatic N) is 1. The number of pyridine rings is 1. The maximum atomic E-state index is 11.7. The summed E-state index contributed by atoms with van der Waals surface area (Å²) >= 11 is 6.87. The highest BCUT2D eigenvalue weighted by atomic mass is 35.5. The van der Waals surface area contributed by atoms with E-state index in [-0.39, 0.29) is 15.5 Å². The fourth-order valence-electron chi connectivity index (χ4n) is 1.58. The number of benzene rings is 1. The van der Waals surface area contributed by atoms with Crippen LogP contribution < -0.4 is 0 Å². The minimum absolute atomic E-state index is 0.0431. The van der Waals surface area contributed by atoms with Gasteiger partial charge in [-0.05, 0) is 30.3 Å². The van der Waals surface area contributed by atoms with Crippen molar-refractivity contribution in [2.75, 3.05) is 6.26 Å². The van der Waals surface area contributed by atoms with Crippen molar-refractivity contribution in [3.8, 4) is 0 Å². The number of carboxylic acid groups (broad SMARTS) is 1. The molecule has 1 N–H and O–H groups in total. The lowest BCUT2D eigenvalue weighted by Gasteiger charge is -2.07. The van der Waals surface area contributed by atoms with Crippen LogP contribution in [0.5, 0.6) is 0 Å². The highest BCUT2D eigenvalue weighted by molar-refractivity contribution is 8.00. The van der Waals surface area contributed by atoms with E-state index < -0.39 is 15.8 Å². The van der Waals surface area contributed by atoms with Crippen LogP contribution >= 0.6 is 23.4 Å². The second-order valence-corrected chi connectivity index (χ2v) is 7.58. The molecule has 0 bridgehead atoms. The Bertz CT molecular complexity index is 806. The van der Waals surface area contributed by atoms with Crippen molar-refractivity contribution >= 4 is 39.2 Å². The first kappa shape index (κ1) is 15.8. The predicted molar refractivity (Wildman–Crippen MR) is 79.9 cm³/mol. The molecule has 1 heterocycles. The third kappa shape index (κ3) is 3.75. The molecule has 0 unspecified atom stereocenters. The Morgan fingerprint density at radius 3 is 2.67 bits per heavy atom. The molecule has 0 aliphatic carbocycles. The van der Waals surface area contributed by atoms with E-state index in [0.29, 0.717) is 9.92 Å². The number of hydrogen-bond donors (Lipinski definition) is 1. The summed E-state index contributed by atoms with van der Waals surface area (Å²) in [6.45, 7) is 0. The molecule has 0 aliphatic rings.